The highest BCUT2D eigenvalue weighted by Gasteiger charge is 2.14. The van der Waals surface area contributed by atoms with E-state index in [1.165, 1.54) is 11.1 Å². The Balaban J connectivity index is 2.61. The second-order valence-corrected chi connectivity index (χ2v) is 5.46. The average molecular weight is 235 g/mol. The molecule has 0 spiro atoms. The topological polar surface area (TPSA) is 35.2 Å². The zero-order chi connectivity index (χ0) is 12.9. The molecule has 0 bridgehead atoms. The summed E-state index contributed by atoms with van der Waals surface area (Å²) in [7, 11) is 0. The number of hydrogen-bond donors (Lipinski definition) is 1. The number of nitrogens with two attached hydrogens (primary N) is 1. The van der Waals surface area contributed by atoms with E-state index in [4.69, 9.17) is 10.5 Å². The molecule has 0 fully saturated rings. The van der Waals surface area contributed by atoms with Gasteiger partial charge in [0.05, 0.1) is 0 Å². The summed E-state index contributed by atoms with van der Waals surface area (Å²) in [5, 5.41) is 0. The molecule has 0 aliphatic heterocycles. The Hall–Kier alpha value is -0.860. The normalized spacial score (nSPS) is 13.7. The van der Waals surface area contributed by atoms with Crippen LogP contribution >= 0.6 is 0 Å². The van der Waals surface area contributed by atoms with Crippen LogP contribution in [0.5, 0.6) is 0 Å². The molecule has 1 rings (SSSR count). The van der Waals surface area contributed by atoms with Crippen LogP contribution in [0.15, 0.2) is 24.3 Å². The maximum Gasteiger partial charge on any atom is 0.0483 e. The summed E-state index contributed by atoms with van der Waals surface area (Å²) in [6.07, 6.45) is 0.878. The summed E-state index contributed by atoms with van der Waals surface area (Å²) in [5.74, 6) is 0. The smallest absolute Gasteiger partial charge is 0.0483 e. The average Bonchev–Trinajstić information content (AvgIpc) is 2.28. The minimum Gasteiger partial charge on any atom is -0.382 e. The summed E-state index contributed by atoms with van der Waals surface area (Å²) in [6.45, 7) is 10.2. The van der Waals surface area contributed by atoms with Crippen LogP contribution in [-0.4, -0.2) is 13.2 Å². The van der Waals surface area contributed by atoms with Gasteiger partial charge in [0.15, 0.2) is 0 Å². The Morgan fingerprint density at radius 3 is 2.24 bits per heavy atom. The lowest BCUT2D eigenvalue weighted by molar-refractivity contribution is 0.140. The molecule has 0 amide bonds. The van der Waals surface area contributed by atoms with E-state index in [0.29, 0.717) is 0 Å². The van der Waals surface area contributed by atoms with Crippen LogP contribution in [0.2, 0.25) is 0 Å². The van der Waals surface area contributed by atoms with E-state index in [0.717, 1.165) is 19.6 Å². The molecule has 1 aromatic rings. The maximum absolute atomic E-state index is 6.11. The van der Waals surface area contributed by atoms with Crippen LogP contribution in [0, 0.1) is 0 Å². The number of hydrogen-bond acceptors (Lipinski definition) is 2. The Morgan fingerprint density at radius 1 is 1.18 bits per heavy atom. The lowest BCUT2D eigenvalue weighted by atomic mass is 9.86. The fourth-order valence-corrected chi connectivity index (χ4v) is 1.75. The Morgan fingerprint density at radius 2 is 1.76 bits per heavy atom. The molecule has 2 heteroatoms. The van der Waals surface area contributed by atoms with Crippen molar-refractivity contribution in [2.24, 2.45) is 5.73 Å². The highest BCUT2D eigenvalue weighted by Crippen LogP contribution is 2.24. The van der Waals surface area contributed by atoms with E-state index in [2.05, 4.69) is 45.0 Å². The van der Waals surface area contributed by atoms with E-state index < -0.39 is 0 Å². The van der Waals surface area contributed by atoms with Gasteiger partial charge in [0.25, 0.3) is 0 Å². The van der Waals surface area contributed by atoms with Crippen molar-refractivity contribution in [3.05, 3.63) is 35.4 Å². The number of benzene rings is 1. The quantitative estimate of drug-likeness (QED) is 0.794. The van der Waals surface area contributed by atoms with Gasteiger partial charge in [-0.25, -0.2) is 0 Å². The predicted octanol–water partition coefficient (Wildman–Crippen LogP) is 3.41. The first-order chi connectivity index (χ1) is 7.95. The second kappa shape index (κ2) is 6.18. The van der Waals surface area contributed by atoms with Gasteiger partial charge in [-0.05, 0) is 29.9 Å². The van der Waals surface area contributed by atoms with Gasteiger partial charge in [-0.2, -0.15) is 0 Å². The molecule has 17 heavy (non-hydrogen) atoms. The zero-order valence-corrected chi connectivity index (χ0v) is 11.5. The minimum absolute atomic E-state index is 0.0792. The van der Waals surface area contributed by atoms with Gasteiger partial charge in [0, 0.05) is 19.3 Å². The molecule has 0 aromatic heterocycles. The third kappa shape index (κ3) is 4.49. The molecule has 0 saturated heterocycles. The van der Waals surface area contributed by atoms with Gasteiger partial charge in [-0.3, -0.25) is 0 Å². The first-order valence-electron chi connectivity index (χ1n) is 6.39. The van der Waals surface area contributed by atoms with Gasteiger partial charge < -0.3 is 10.5 Å². The summed E-state index contributed by atoms with van der Waals surface area (Å²) >= 11 is 0. The molecular formula is C15H25NO. The summed E-state index contributed by atoms with van der Waals surface area (Å²) in [5.41, 5.74) is 8.86. The molecule has 1 unspecified atom stereocenters. The van der Waals surface area contributed by atoms with Gasteiger partial charge in [-0.1, -0.05) is 45.0 Å². The standard InChI is InChI=1S/C15H25NO/c1-5-17-11-10-14(16)12-6-8-13(9-7-12)15(2,3)4/h6-9,14H,5,10-11,16H2,1-4H3. The van der Waals surface area contributed by atoms with E-state index >= 15 is 0 Å². The van der Waals surface area contributed by atoms with Gasteiger partial charge in [-0.15, -0.1) is 0 Å². The first kappa shape index (κ1) is 14.2. The van der Waals surface area contributed by atoms with Crippen molar-refractivity contribution in [1.29, 1.82) is 0 Å². The van der Waals surface area contributed by atoms with Crippen LogP contribution in [0.3, 0.4) is 0 Å². The third-order valence-corrected chi connectivity index (χ3v) is 2.98. The fraction of sp³-hybridized carbons (Fsp3) is 0.600. The molecule has 0 heterocycles. The molecule has 0 aliphatic rings. The van der Waals surface area contributed by atoms with Crippen molar-refractivity contribution >= 4 is 0 Å². The minimum atomic E-state index is 0.0792. The predicted molar refractivity (Wildman–Crippen MR) is 73.2 cm³/mol. The van der Waals surface area contributed by atoms with Crippen molar-refractivity contribution in [1.82, 2.24) is 0 Å². The van der Waals surface area contributed by atoms with E-state index in [1.54, 1.807) is 0 Å². The van der Waals surface area contributed by atoms with Crippen molar-refractivity contribution < 1.29 is 4.74 Å². The maximum atomic E-state index is 6.11. The zero-order valence-electron chi connectivity index (χ0n) is 11.5. The highest BCUT2D eigenvalue weighted by molar-refractivity contribution is 5.29. The Labute approximate surface area is 105 Å². The van der Waals surface area contributed by atoms with Crippen LogP contribution in [0.4, 0.5) is 0 Å². The van der Waals surface area contributed by atoms with Crippen LogP contribution in [0.25, 0.3) is 0 Å². The Bertz CT molecular complexity index is 324. The summed E-state index contributed by atoms with van der Waals surface area (Å²) in [4.78, 5) is 0. The number of ether oxygens (including phenoxy) is 1. The lowest BCUT2D eigenvalue weighted by Crippen LogP contribution is -2.15. The van der Waals surface area contributed by atoms with Crippen LogP contribution in [-0.2, 0) is 10.2 Å². The lowest BCUT2D eigenvalue weighted by Gasteiger charge is -2.20. The van der Waals surface area contributed by atoms with Crippen molar-refractivity contribution in [3.8, 4) is 0 Å². The van der Waals surface area contributed by atoms with E-state index in [9.17, 15) is 0 Å². The largest absolute Gasteiger partial charge is 0.382 e. The van der Waals surface area contributed by atoms with Crippen LogP contribution < -0.4 is 5.73 Å². The van der Waals surface area contributed by atoms with Crippen molar-refractivity contribution in [2.75, 3.05) is 13.2 Å². The van der Waals surface area contributed by atoms with Crippen molar-refractivity contribution in [2.45, 2.75) is 45.6 Å². The summed E-state index contributed by atoms with van der Waals surface area (Å²) < 4.78 is 5.32. The molecule has 1 aromatic carbocycles. The van der Waals surface area contributed by atoms with Gasteiger partial charge >= 0.3 is 0 Å². The molecular weight excluding hydrogens is 210 g/mol. The molecule has 2 N–H and O–H groups in total. The van der Waals surface area contributed by atoms with E-state index in [1.807, 2.05) is 6.92 Å². The summed E-state index contributed by atoms with van der Waals surface area (Å²) in [6, 6.07) is 8.70. The molecule has 1 atom stereocenters. The van der Waals surface area contributed by atoms with E-state index in [-0.39, 0.29) is 11.5 Å². The van der Waals surface area contributed by atoms with Gasteiger partial charge in [0.2, 0.25) is 0 Å². The fourth-order valence-electron chi connectivity index (χ4n) is 1.75. The monoisotopic (exact) mass is 235 g/mol. The van der Waals surface area contributed by atoms with Gasteiger partial charge in [0.1, 0.15) is 0 Å². The highest BCUT2D eigenvalue weighted by atomic mass is 16.5. The third-order valence-electron chi connectivity index (χ3n) is 2.98. The number of rotatable bonds is 5. The molecule has 0 saturated carbocycles. The molecule has 2 nitrogen and oxygen atoms in total. The SMILES string of the molecule is CCOCCC(N)c1ccc(C(C)(C)C)cc1. The Kier molecular flexibility index (Phi) is 5.16. The first-order valence-corrected chi connectivity index (χ1v) is 6.39. The second-order valence-electron chi connectivity index (χ2n) is 5.46. The van der Waals surface area contributed by atoms with Crippen LogP contribution in [0.1, 0.15) is 51.3 Å². The van der Waals surface area contributed by atoms with Crippen molar-refractivity contribution in [3.63, 3.8) is 0 Å². The molecule has 96 valence electrons. The molecule has 0 radical (unpaired) electrons. The molecule has 0 aliphatic carbocycles.